The molecule has 2 amide bonds. The molecule has 9 nitrogen and oxygen atoms in total. The lowest BCUT2D eigenvalue weighted by Gasteiger charge is -2.32. The number of methoxy groups -OCH3 is 2. The van der Waals surface area contributed by atoms with E-state index >= 15 is 0 Å². The summed E-state index contributed by atoms with van der Waals surface area (Å²) in [5.41, 5.74) is 0.789. The minimum absolute atomic E-state index is 0.00936. The smallest absolute Gasteiger partial charge is 0.244 e. The average Bonchev–Trinajstić information content (AvgIpc) is 2.86. The van der Waals surface area contributed by atoms with Crippen molar-refractivity contribution in [1.82, 2.24) is 10.2 Å². The van der Waals surface area contributed by atoms with E-state index < -0.39 is 28.5 Å². The maximum absolute atomic E-state index is 13.6. The topological polar surface area (TPSA) is 105 Å². The Morgan fingerprint density at radius 2 is 1.76 bits per heavy atom. The van der Waals surface area contributed by atoms with Crippen LogP contribution in [0.3, 0.4) is 0 Å². The summed E-state index contributed by atoms with van der Waals surface area (Å²) < 4.78 is 37.1. The third kappa shape index (κ3) is 8.41. The Morgan fingerprint density at radius 3 is 2.32 bits per heavy atom. The number of amides is 2. The van der Waals surface area contributed by atoms with Gasteiger partial charge in [-0.15, -0.1) is 0 Å². The van der Waals surface area contributed by atoms with Gasteiger partial charge in [0.1, 0.15) is 24.1 Å². The van der Waals surface area contributed by atoms with Gasteiger partial charge in [0.2, 0.25) is 21.8 Å². The number of ether oxygens (including phenoxy) is 2. The van der Waals surface area contributed by atoms with Crippen molar-refractivity contribution in [1.29, 1.82) is 0 Å². The second kappa shape index (κ2) is 13.7. The number of unbranched alkanes of at least 4 members (excludes halogenated alkanes) is 1. The fourth-order valence-electron chi connectivity index (χ4n) is 3.54. The number of carbonyl (C=O) groups excluding carboxylic acids is 2. The Hall–Kier alpha value is -2.69. The van der Waals surface area contributed by atoms with Crippen molar-refractivity contribution in [3.05, 3.63) is 52.0 Å². The Balaban J connectivity index is 2.45. The van der Waals surface area contributed by atoms with Gasteiger partial charge >= 0.3 is 0 Å². The molecule has 0 bridgehead atoms. The minimum atomic E-state index is -3.92. The molecule has 0 heterocycles. The quantitative estimate of drug-likeness (QED) is 0.361. The number of anilines is 1. The van der Waals surface area contributed by atoms with E-state index in [4.69, 9.17) is 32.7 Å². The predicted molar refractivity (Wildman–Crippen MR) is 146 cm³/mol. The van der Waals surface area contributed by atoms with E-state index in [1.165, 1.54) is 31.3 Å². The first kappa shape index (κ1) is 30.5. The molecular weight excluding hydrogens is 541 g/mol. The van der Waals surface area contributed by atoms with Crippen molar-refractivity contribution >= 4 is 50.7 Å². The average molecular weight is 575 g/mol. The monoisotopic (exact) mass is 573 g/mol. The first-order chi connectivity index (χ1) is 17.4. The Kier molecular flexibility index (Phi) is 11.3. The second-order valence-electron chi connectivity index (χ2n) is 8.40. The number of carbonyl (C=O) groups is 2. The van der Waals surface area contributed by atoms with Crippen molar-refractivity contribution in [3.8, 4) is 11.5 Å². The lowest BCUT2D eigenvalue weighted by atomic mass is 10.1. The molecule has 12 heteroatoms. The lowest BCUT2D eigenvalue weighted by molar-refractivity contribution is -0.139. The molecule has 1 N–H and O–H groups in total. The molecule has 2 aromatic carbocycles. The van der Waals surface area contributed by atoms with Gasteiger partial charge < -0.3 is 19.7 Å². The van der Waals surface area contributed by atoms with Crippen molar-refractivity contribution in [2.45, 2.75) is 39.3 Å². The van der Waals surface area contributed by atoms with Crippen LogP contribution in [0.5, 0.6) is 11.5 Å². The lowest BCUT2D eigenvalue weighted by Crippen LogP contribution is -2.51. The first-order valence-corrected chi connectivity index (χ1v) is 14.2. The van der Waals surface area contributed by atoms with Crippen LogP contribution in [0.25, 0.3) is 0 Å². The summed E-state index contributed by atoms with van der Waals surface area (Å²) in [6.07, 6.45) is 2.68. The van der Waals surface area contributed by atoms with Crippen LogP contribution >= 0.6 is 23.2 Å². The second-order valence-corrected chi connectivity index (χ2v) is 11.1. The summed E-state index contributed by atoms with van der Waals surface area (Å²) in [6, 6.07) is 8.59. The van der Waals surface area contributed by atoms with E-state index in [-0.39, 0.29) is 23.9 Å². The summed E-state index contributed by atoms with van der Waals surface area (Å²) >= 11 is 12.2. The highest BCUT2D eigenvalue weighted by Gasteiger charge is 2.31. The number of benzene rings is 2. The zero-order valence-corrected chi connectivity index (χ0v) is 23.9. The highest BCUT2D eigenvalue weighted by Crippen LogP contribution is 2.34. The van der Waals surface area contributed by atoms with Crippen LogP contribution in [0.2, 0.25) is 10.0 Å². The normalized spacial score (nSPS) is 12.0. The van der Waals surface area contributed by atoms with Crippen LogP contribution in [-0.2, 0) is 26.2 Å². The van der Waals surface area contributed by atoms with E-state index in [9.17, 15) is 18.0 Å². The predicted octanol–water partition coefficient (Wildman–Crippen LogP) is 4.11. The van der Waals surface area contributed by atoms with Gasteiger partial charge in [-0.05, 0) is 43.2 Å². The molecule has 0 saturated carbocycles. The number of rotatable bonds is 13. The fraction of sp³-hybridized carbons (Fsp3) is 0.440. The van der Waals surface area contributed by atoms with Crippen molar-refractivity contribution < 1.29 is 27.5 Å². The Labute approximate surface area is 228 Å². The van der Waals surface area contributed by atoms with Crippen LogP contribution in [-0.4, -0.2) is 64.7 Å². The van der Waals surface area contributed by atoms with Crippen LogP contribution in [0.4, 0.5) is 5.69 Å². The third-order valence-corrected chi connectivity index (χ3v) is 7.53. The van der Waals surface area contributed by atoms with Crippen LogP contribution in [0.15, 0.2) is 36.4 Å². The maximum Gasteiger partial charge on any atom is 0.244 e. The summed E-state index contributed by atoms with van der Waals surface area (Å²) in [6.45, 7) is 3.51. The van der Waals surface area contributed by atoms with Gasteiger partial charge in [0, 0.05) is 19.2 Å². The first-order valence-electron chi connectivity index (χ1n) is 11.6. The molecule has 0 unspecified atom stereocenters. The molecule has 0 aliphatic carbocycles. The van der Waals surface area contributed by atoms with E-state index in [0.29, 0.717) is 27.9 Å². The van der Waals surface area contributed by atoms with E-state index in [0.717, 1.165) is 23.4 Å². The zero-order chi connectivity index (χ0) is 27.8. The van der Waals surface area contributed by atoms with Gasteiger partial charge in [-0.1, -0.05) is 42.6 Å². The standard InChI is InChI=1S/C25H33Cl2N3O6S/c1-6-7-12-28-25(32)17(2)29(15-18-8-10-20(26)21(27)13-18)24(31)16-30(37(5,33)34)22-11-9-19(35-3)14-23(22)36-4/h8-11,13-14,17H,6-7,12,15-16H2,1-5H3,(H,28,32)/t17-/m1/s1. The molecular formula is C25H33Cl2N3O6S. The zero-order valence-electron chi connectivity index (χ0n) is 21.6. The molecule has 0 aliphatic rings. The van der Waals surface area contributed by atoms with Gasteiger partial charge in [-0.2, -0.15) is 0 Å². The maximum atomic E-state index is 13.6. The molecule has 2 rings (SSSR count). The van der Waals surface area contributed by atoms with Crippen LogP contribution < -0.4 is 19.1 Å². The van der Waals surface area contributed by atoms with Gasteiger partial charge in [0.05, 0.1) is 36.2 Å². The minimum Gasteiger partial charge on any atom is -0.497 e. The molecule has 0 aromatic heterocycles. The molecule has 37 heavy (non-hydrogen) atoms. The van der Waals surface area contributed by atoms with Crippen molar-refractivity contribution in [2.24, 2.45) is 0 Å². The summed E-state index contributed by atoms with van der Waals surface area (Å²) in [7, 11) is -1.06. The number of nitrogens with one attached hydrogen (secondary N) is 1. The molecule has 0 spiro atoms. The fourth-order valence-corrected chi connectivity index (χ4v) is 4.71. The molecule has 0 aliphatic heterocycles. The van der Waals surface area contributed by atoms with E-state index in [1.807, 2.05) is 6.92 Å². The van der Waals surface area contributed by atoms with E-state index in [1.54, 1.807) is 31.2 Å². The van der Waals surface area contributed by atoms with Gasteiger partial charge in [-0.25, -0.2) is 8.42 Å². The largest absolute Gasteiger partial charge is 0.497 e. The van der Waals surface area contributed by atoms with Crippen LogP contribution in [0.1, 0.15) is 32.3 Å². The SMILES string of the molecule is CCCCNC(=O)[C@@H](C)N(Cc1ccc(Cl)c(Cl)c1)C(=O)CN(c1ccc(OC)cc1OC)S(C)(=O)=O. The molecule has 0 saturated heterocycles. The number of nitrogens with zero attached hydrogens (tertiary/aromatic N) is 2. The molecule has 0 radical (unpaired) electrons. The summed E-state index contributed by atoms with van der Waals surface area (Å²) in [5, 5.41) is 3.47. The van der Waals surface area contributed by atoms with Gasteiger partial charge in [0.15, 0.2) is 0 Å². The van der Waals surface area contributed by atoms with Gasteiger partial charge in [-0.3, -0.25) is 13.9 Å². The number of hydrogen-bond donors (Lipinski definition) is 1. The molecule has 2 aromatic rings. The number of halogens is 2. The molecule has 204 valence electrons. The molecule has 1 atom stereocenters. The Bertz CT molecular complexity index is 1210. The Morgan fingerprint density at radius 1 is 1.05 bits per heavy atom. The van der Waals surface area contributed by atoms with Crippen molar-refractivity contribution in [3.63, 3.8) is 0 Å². The summed E-state index contributed by atoms with van der Waals surface area (Å²) in [5.74, 6) is -0.278. The number of hydrogen-bond acceptors (Lipinski definition) is 6. The van der Waals surface area contributed by atoms with E-state index in [2.05, 4.69) is 5.32 Å². The highest BCUT2D eigenvalue weighted by molar-refractivity contribution is 7.92. The van der Waals surface area contributed by atoms with Crippen LogP contribution in [0, 0.1) is 0 Å². The van der Waals surface area contributed by atoms with Crippen molar-refractivity contribution in [2.75, 3.05) is 37.9 Å². The molecule has 0 fully saturated rings. The highest BCUT2D eigenvalue weighted by atomic mass is 35.5. The van der Waals surface area contributed by atoms with Gasteiger partial charge in [0.25, 0.3) is 0 Å². The third-order valence-electron chi connectivity index (χ3n) is 5.67. The number of sulfonamides is 1. The summed E-state index contributed by atoms with van der Waals surface area (Å²) in [4.78, 5) is 27.8.